The summed E-state index contributed by atoms with van der Waals surface area (Å²) in [5.41, 5.74) is 8.63. The molecule has 0 saturated carbocycles. The zero-order valence-electron chi connectivity index (χ0n) is 12.2. The van der Waals surface area contributed by atoms with E-state index in [2.05, 4.69) is 19.6 Å². The van der Waals surface area contributed by atoms with Crippen LogP contribution in [-0.4, -0.2) is 27.8 Å². The average Bonchev–Trinajstić information content (AvgIpc) is 2.48. The molecule has 2 aromatic rings. The molecule has 23 heavy (non-hydrogen) atoms. The maximum Gasteiger partial charge on any atom is 0.573 e. The number of fused-ring (bicyclic) bond motifs is 1. The lowest BCUT2D eigenvalue weighted by molar-refractivity contribution is -0.274. The van der Waals surface area contributed by atoms with Gasteiger partial charge in [-0.3, -0.25) is 4.90 Å². The number of anilines is 1. The molecule has 0 amide bonds. The Labute approximate surface area is 130 Å². The first kappa shape index (κ1) is 15.5. The van der Waals surface area contributed by atoms with Gasteiger partial charge >= 0.3 is 6.36 Å². The van der Waals surface area contributed by atoms with Gasteiger partial charge in [-0.25, -0.2) is 9.97 Å². The number of ether oxygens (including phenoxy) is 1. The van der Waals surface area contributed by atoms with E-state index in [1.165, 1.54) is 18.5 Å². The highest BCUT2D eigenvalue weighted by molar-refractivity contribution is 5.42. The number of halogens is 3. The van der Waals surface area contributed by atoms with Gasteiger partial charge in [0.2, 0.25) is 0 Å². The summed E-state index contributed by atoms with van der Waals surface area (Å²) in [7, 11) is 0. The standard InChI is InChI=1S/C15H15F3N4O/c16-15(17,18)23-11-3-1-10(2-4-11)7-22-6-5-12-13(8-22)20-9-21-14(12)19/h1-4,9H,5-8H2,(H2,19,20,21). The second-order valence-corrected chi connectivity index (χ2v) is 5.34. The Morgan fingerprint density at radius 1 is 1.17 bits per heavy atom. The quantitative estimate of drug-likeness (QED) is 0.940. The van der Waals surface area contributed by atoms with Gasteiger partial charge in [-0.05, 0) is 24.1 Å². The van der Waals surface area contributed by atoms with Crippen molar-refractivity contribution >= 4 is 5.82 Å². The summed E-state index contributed by atoms with van der Waals surface area (Å²) in [5.74, 6) is 0.300. The van der Waals surface area contributed by atoms with E-state index in [-0.39, 0.29) is 5.75 Å². The first-order chi connectivity index (χ1) is 10.9. The van der Waals surface area contributed by atoms with Crippen LogP contribution in [0.3, 0.4) is 0 Å². The predicted molar refractivity (Wildman–Crippen MR) is 77.4 cm³/mol. The highest BCUT2D eigenvalue weighted by atomic mass is 19.4. The summed E-state index contributed by atoms with van der Waals surface area (Å²) in [4.78, 5) is 10.4. The van der Waals surface area contributed by atoms with Crippen molar-refractivity contribution in [1.82, 2.24) is 14.9 Å². The molecule has 2 heterocycles. The van der Waals surface area contributed by atoms with Crippen LogP contribution in [-0.2, 0) is 19.5 Å². The lowest BCUT2D eigenvalue weighted by atomic mass is 10.0. The fourth-order valence-electron chi connectivity index (χ4n) is 2.62. The van der Waals surface area contributed by atoms with Crippen LogP contribution in [0.1, 0.15) is 16.8 Å². The van der Waals surface area contributed by atoms with Gasteiger partial charge in [-0.15, -0.1) is 13.2 Å². The lowest BCUT2D eigenvalue weighted by Gasteiger charge is -2.28. The van der Waals surface area contributed by atoms with Crippen molar-refractivity contribution in [3.8, 4) is 5.75 Å². The highest BCUT2D eigenvalue weighted by Gasteiger charge is 2.31. The third-order valence-corrected chi connectivity index (χ3v) is 3.68. The first-order valence-corrected chi connectivity index (χ1v) is 7.06. The molecule has 1 aliphatic rings. The highest BCUT2D eigenvalue weighted by Crippen LogP contribution is 2.25. The van der Waals surface area contributed by atoms with E-state index >= 15 is 0 Å². The Kier molecular flexibility index (Phi) is 4.08. The molecule has 0 atom stereocenters. The molecule has 1 aliphatic heterocycles. The van der Waals surface area contributed by atoms with Crippen LogP contribution in [0.5, 0.6) is 5.75 Å². The van der Waals surface area contributed by atoms with E-state index in [1.54, 1.807) is 12.1 Å². The summed E-state index contributed by atoms with van der Waals surface area (Å²) in [5, 5.41) is 0. The summed E-state index contributed by atoms with van der Waals surface area (Å²) >= 11 is 0. The van der Waals surface area contributed by atoms with E-state index in [4.69, 9.17) is 5.73 Å². The van der Waals surface area contributed by atoms with Crippen LogP contribution in [0.4, 0.5) is 19.0 Å². The van der Waals surface area contributed by atoms with Gasteiger partial charge in [-0.2, -0.15) is 0 Å². The van der Waals surface area contributed by atoms with E-state index in [0.29, 0.717) is 18.9 Å². The minimum atomic E-state index is -4.67. The Bertz CT molecular complexity index is 688. The first-order valence-electron chi connectivity index (χ1n) is 7.06. The molecule has 0 aliphatic carbocycles. The van der Waals surface area contributed by atoms with Crippen LogP contribution in [0.25, 0.3) is 0 Å². The number of nitrogen functional groups attached to an aromatic ring is 1. The molecule has 0 bridgehead atoms. The monoisotopic (exact) mass is 324 g/mol. The number of aromatic nitrogens is 2. The Morgan fingerprint density at radius 3 is 2.61 bits per heavy atom. The number of benzene rings is 1. The molecule has 2 N–H and O–H groups in total. The van der Waals surface area contributed by atoms with Gasteiger partial charge in [0.1, 0.15) is 17.9 Å². The molecular formula is C15H15F3N4O. The van der Waals surface area contributed by atoms with Crippen LogP contribution in [0, 0.1) is 0 Å². The van der Waals surface area contributed by atoms with Crippen molar-refractivity contribution in [1.29, 1.82) is 0 Å². The van der Waals surface area contributed by atoms with E-state index in [9.17, 15) is 13.2 Å². The van der Waals surface area contributed by atoms with E-state index in [1.807, 2.05) is 0 Å². The van der Waals surface area contributed by atoms with Crippen molar-refractivity contribution in [2.75, 3.05) is 12.3 Å². The van der Waals surface area contributed by atoms with Crippen molar-refractivity contribution in [2.24, 2.45) is 0 Å². The van der Waals surface area contributed by atoms with E-state index < -0.39 is 6.36 Å². The number of alkyl halides is 3. The van der Waals surface area contributed by atoms with Gasteiger partial charge in [-0.1, -0.05) is 12.1 Å². The Hall–Kier alpha value is -2.35. The maximum atomic E-state index is 12.1. The molecule has 3 rings (SSSR count). The lowest BCUT2D eigenvalue weighted by Crippen LogP contribution is -2.31. The maximum absolute atomic E-state index is 12.1. The summed E-state index contributed by atoms with van der Waals surface area (Å²) < 4.78 is 40.3. The van der Waals surface area contributed by atoms with Gasteiger partial charge in [0, 0.05) is 25.2 Å². The zero-order valence-corrected chi connectivity index (χ0v) is 12.2. The second kappa shape index (κ2) is 6.04. The minimum Gasteiger partial charge on any atom is -0.406 e. The van der Waals surface area contributed by atoms with Crippen LogP contribution in [0.2, 0.25) is 0 Å². The van der Waals surface area contributed by atoms with Gasteiger partial charge in [0.15, 0.2) is 0 Å². The molecule has 0 radical (unpaired) electrons. The van der Waals surface area contributed by atoms with Crippen molar-refractivity contribution in [3.63, 3.8) is 0 Å². The molecule has 1 aromatic carbocycles. The second-order valence-electron chi connectivity index (χ2n) is 5.34. The average molecular weight is 324 g/mol. The van der Waals surface area contributed by atoms with Crippen LogP contribution >= 0.6 is 0 Å². The molecule has 5 nitrogen and oxygen atoms in total. The smallest absolute Gasteiger partial charge is 0.406 e. The third-order valence-electron chi connectivity index (χ3n) is 3.68. The normalized spacial score (nSPS) is 15.3. The molecule has 0 fully saturated rings. The van der Waals surface area contributed by atoms with Crippen molar-refractivity contribution in [2.45, 2.75) is 25.9 Å². The third kappa shape index (κ3) is 3.89. The van der Waals surface area contributed by atoms with Gasteiger partial charge in [0.25, 0.3) is 0 Å². The van der Waals surface area contributed by atoms with Crippen molar-refractivity contribution < 1.29 is 17.9 Å². The fourth-order valence-corrected chi connectivity index (χ4v) is 2.62. The van der Waals surface area contributed by atoms with E-state index in [0.717, 1.165) is 29.8 Å². The van der Waals surface area contributed by atoms with Crippen LogP contribution in [0.15, 0.2) is 30.6 Å². The summed E-state index contributed by atoms with van der Waals surface area (Å²) in [6.07, 6.45) is -2.46. The molecule has 0 spiro atoms. The SMILES string of the molecule is Nc1ncnc2c1CCN(Cc1ccc(OC(F)(F)F)cc1)C2. The molecular weight excluding hydrogens is 309 g/mol. The molecule has 0 unspecified atom stereocenters. The molecule has 0 saturated heterocycles. The predicted octanol–water partition coefficient (Wildman–Crippen LogP) is 2.52. The number of rotatable bonds is 3. The number of nitrogens with zero attached hydrogens (tertiary/aromatic N) is 3. The number of hydrogen-bond donors (Lipinski definition) is 1. The minimum absolute atomic E-state index is 0.217. The van der Waals surface area contributed by atoms with Crippen LogP contribution < -0.4 is 10.5 Å². The van der Waals surface area contributed by atoms with Gasteiger partial charge < -0.3 is 10.5 Å². The Balaban J connectivity index is 1.64. The Morgan fingerprint density at radius 2 is 1.91 bits per heavy atom. The summed E-state index contributed by atoms with van der Waals surface area (Å²) in [6, 6.07) is 5.90. The van der Waals surface area contributed by atoms with Gasteiger partial charge in [0.05, 0.1) is 5.69 Å². The number of hydrogen-bond acceptors (Lipinski definition) is 5. The fraction of sp³-hybridized carbons (Fsp3) is 0.333. The zero-order chi connectivity index (χ0) is 16.4. The largest absolute Gasteiger partial charge is 0.573 e. The molecule has 1 aromatic heterocycles. The number of nitrogens with two attached hydrogens (primary N) is 1. The van der Waals surface area contributed by atoms with Crippen molar-refractivity contribution in [3.05, 3.63) is 47.4 Å². The molecule has 122 valence electrons. The molecule has 8 heteroatoms. The topological polar surface area (TPSA) is 64.3 Å². The summed E-state index contributed by atoms with van der Waals surface area (Å²) in [6.45, 7) is 2.06.